The Morgan fingerprint density at radius 3 is 2.66 bits per heavy atom. The molecule has 32 heavy (non-hydrogen) atoms. The maximum absolute atomic E-state index is 13.6. The number of nitrogens with one attached hydrogen (secondary N) is 1. The topological polar surface area (TPSA) is 69.3 Å². The van der Waals surface area contributed by atoms with Crippen LogP contribution in [-0.4, -0.2) is 16.7 Å². The molecule has 4 aromatic rings. The highest BCUT2D eigenvalue weighted by Crippen LogP contribution is 2.29. The summed E-state index contributed by atoms with van der Waals surface area (Å²) in [6, 6.07) is 14.1. The molecule has 0 aliphatic carbocycles. The lowest BCUT2D eigenvalue weighted by atomic mass is 10.1. The van der Waals surface area contributed by atoms with E-state index in [1.54, 1.807) is 16.8 Å². The average Bonchev–Trinajstić information content (AvgIpc) is 3.20. The van der Waals surface area contributed by atoms with E-state index in [1.807, 2.05) is 44.2 Å². The van der Waals surface area contributed by atoms with Crippen LogP contribution in [0.2, 0.25) is 5.02 Å². The fourth-order valence-electron chi connectivity index (χ4n) is 3.29. The normalized spacial score (nSPS) is 10.9. The summed E-state index contributed by atoms with van der Waals surface area (Å²) in [6.45, 7) is 4.13. The molecule has 0 spiro atoms. The van der Waals surface area contributed by atoms with Gasteiger partial charge in [-0.2, -0.15) is 4.98 Å². The van der Waals surface area contributed by atoms with E-state index in [1.165, 1.54) is 19.2 Å². The van der Waals surface area contributed by atoms with Gasteiger partial charge < -0.3 is 19.0 Å². The Morgan fingerprint density at radius 1 is 1.16 bits per heavy atom. The zero-order valence-electron chi connectivity index (χ0n) is 17.8. The molecule has 0 fully saturated rings. The summed E-state index contributed by atoms with van der Waals surface area (Å²) in [6.07, 6.45) is 1.56. The Balaban J connectivity index is 1.74. The SMILES string of the molecule is COc1cn(Cc2ccc(F)c(Cl)c2)c(Nc2cc(-c3ccc(C)o3)ccc2C)nc1=O. The number of rotatable bonds is 6. The number of ether oxygens (including phenoxy) is 1. The van der Waals surface area contributed by atoms with E-state index in [9.17, 15) is 9.18 Å². The summed E-state index contributed by atoms with van der Waals surface area (Å²) in [4.78, 5) is 16.5. The van der Waals surface area contributed by atoms with Crippen molar-refractivity contribution < 1.29 is 13.5 Å². The fourth-order valence-corrected chi connectivity index (χ4v) is 3.49. The first-order chi connectivity index (χ1) is 15.3. The molecule has 2 aromatic heterocycles. The summed E-state index contributed by atoms with van der Waals surface area (Å²) in [5.74, 6) is 1.47. The fraction of sp³-hybridized carbons (Fsp3) is 0.167. The van der Waals surface area contributed by atoms with Crippen molar-refractivity contribution >= 4 is 23.2 Å². The highest BCUT2D eigenvalue weighted by atomic mass is 35.5. The van der Waals surface area contributed by atoms with Crippen LogP contribution < -0.4 is 15.6 Å². The van der Waals surface area contributed by atoms with E-state index in [0.29, 0.717) is 12.5 Å². The zero-order chi connectivity index (χ0) is 22.8. The van der Waals surface area contributed by atoms with E-state index < -0.39 is 11.4 Å². The first-order valence-electron chi connectivity index (χ1n) is 9.88. The predicted octanol–water partition coefficient (Wildman–Crippen LogP) is 5.71. The zero-order valence-corrected chi connectivity index (χ0v) is 18.5. The Morgan fingerprint density at radius 2 is 1.97 bits per heavy atom. The van der Waals surface area contributed by atoms with Gasteiger partial charge in [0.2, 0.25) is 11.7 Å². The second-order valence-electron chi connectivity index (χ2n) is 7.38. The minimum absolute atomic E-state index is 0.0234. The number of halogens is 2. The van der Waals surface area contributed by atoms with Gasteiger partial charge in [-0.05, 0) is 55.3 Å². The van der Waals surface area contributed by atoms with E-state index >= 15 is 0 Å². The lowest BCUT2D eigenvalue weighted by molar-refractivity contribution is 0.402. The molecular weight excluding hydrogens is 433 g/mol. The van der Waals surface area contributed by atoms with Gasteiger partial charge in [0, 0.05) is 11.3 Å². The van der Waals surface area contributed by atoms with E-state index in [2.05, 4.69) is 10.3 Å². The monoisotopic (exact) mass is 453 g/mol. The number of aryl methyl sites for hydroxylation is 2. The number of benzene rings is 2. The average molecular weight is 454 g/mol. The standard InChI is InChI=1S/C24H21ClFN3O3/c1-14-4-7-17(21-9-5-15(2)32-21)11-20(14)27-24-28-23(30)22(31-3)13-29(24)12-16-6-8-19(26)18(25)10-16/h4-11,13H,12H2,1-3H3,(H,27,28,30). The highest BCUT2D eigenvalue weighted by Gasteiger charge is 2.13. The number of nitrogens with zero attached hydrogens (tertiary/aromatic N) is 2. The largest absolute Gasteiger partial charge is 0.490 e. The Bertz CT molecular complexity index is 1350. The van der Waals surface area contributed by atoms with E-state index in [4.69, 9.17) is 20.8 Å². The van der Waals surface area contributed by atoms with Crippen LogP contribution in [0.4, 0.5) is 16.0 Å². The van der Waals surface area contributed by atoms with Crippen LogP contribution >= 0.6 is 11.6 Å². The van der Waals surface area contributed by atoms with Gasteiger partial charge in [-0.25, -0.2) is 4.39 Å². The Labute approximate surface area is 189 Å². The number of hydrogen-bond acceptors (Lipinski definition) is 5. The van der Waals surface area contributed by atoms with Gasteiger partial charge in [0.05, 0.1) is 24.9 Å². The lowest BCUT2D eigenvalue weighted by Crippen LogP contribution is -2.19. The van der Waals surface area contributed by atoms with Crippen LogP contribution in [0.3, 0.4) is 0 Å². The summed E-state index contributed by atoms with van der Waals surface area (Å²) in [7, 11) is 1.41. The van der Waals surface area contributed by atoms with Crippen LogP contribution in [0, 0.1) is 19.7 Å². The van der Waals surface area contributed by atoms with Crippen LogP contribution in [0.25, 0.3) is 11.3 Å². The van der Waals surface area contributed by atoms with Crippen LogP contribution in [0.5, 0.6) is 5.75 Å². The van der Waals surface area contributed by atoms with Gasteiger partial charge in [-0.3, -0.25) is 4.79 Å². The van der Waals surface area contributed by atoms with E-state index in [-0.39, 0.29) is 10.8 Å². The van der Waals surface area contributed by atoms with Gasteiger partial charge in [0.15, 0.2) is 0 Å². The third-order valence-electron chi connectivity index (χ3n) is 5.03. The van der Waals surface area contributed by atoms with Crippen molar-refractivity contribution in [3.63, 3.8) is 0 Å². The van der Waals surface area contributed by atoms with Crippen molar-refractivity contribution in [2.75, 3.05) is 12.4 Å². The smallest absolute Gasteiger partial charge is 0.316 e. The Hall–Kier alpha value is -3.58. The molecule has 2 aromatic carbocycles. The molecule has 4 rings (SSSR count). The molecule has 1 N–H and O–H groups in total. The van der Waals surface area contributed by atoms with Crippen molar-refractivity contribution in [3.8, 4) is 17.1 Å². The summed E-state index contributed by atoms with van der Waals surface area (Å²) in [5.41, 5.74) is 2.85. The number of aromatic nitrogens is 2. The molecule has 2 heterocycles. The molecule has 0 aliphatic heterocycles. The molecular formula is C24H21ClFN3O3. The minimum atomic E-state index is -0.501. The van der Waals surface area contributed by atoms with Crippen LogP contribution in [-0.2, 0) is 6.54 Å². The van der Waals surface area contributed by atoms with Gasteiger partial charge in [0.1, 0.15) is 17.3 Å². The predicted molar refractivity (Wildman–Crippen MR) is 122 cm³/mol. The number of hydrogen-bond donors (Lipinski definition) is 1. The number of furan rings is 1. The highest BCUT2D eigenvalue weighted by molar-refractivity contribution is 6.30. The minimum Gasteiger partial charge on any atom is -0.490 e. The van der Waals surface area contributed by atoms with Crippen LogP contribution in [0.1, 0.15) is 16.9 Å². The van der Waals surface area contributed by atoms with Gasteiger partial charge >= 0.3 is 5.56 Å². The quantitative estimate of drug-likeness (QED) is 0.404. The van der Waals surface area contributed by atoms with Gasteiger partial charge in [-0.15, -0.1) is 0 Å². The lowest BCUT2D eigenvalue weighted by Gasteiger charge is -2.17. The molecule has 0 atom stereocenters. The van der Waals surface area contributed by atoms with Crippen LogP contribution in [0.15, 0.2) is 63.9 Å². The molecule has 6 nitrogen and oxygen atoms in total. The third-order valence-corrected chi connectivity index (χ3v) is 5.32. The maximum Gasteiger partial charge on any atom is 0.316 e. The van der Waals surface area contributed by atoms with Crippen molar-refractivity contribution in [3.05, 3.63) is 92.8 Å². The van der Waals surface area contributed by atoms with Crippen molar-refractivity contribution in [2.24, 2.45) is 0 Å². The first kappa shape index (κ1) is 21.6. The molecule has 0 saturated heterocycles. The first-order valence-corrected chi connectivity index (χ1v) is 10.3. The molecule has 8 heteroatoms. The summed E-state index contributed by atoms with van der Waals surface area (Å²) in [5, 5.41) is 3.27. The second kappa shape index (κ2) is 8.88. The van der Waals surface area contributed by atoms with Crippen molar-refractivity contribution in [1.82, 2.24) is 9.55 Å². The van der Waals surface area contributed by atoms with Gasteiger partial charge in [-0.1, -0.05) is 29.8 Å². The molecule has 0 aliphatic rings. The molecule has 0 saturated carbocycles. The summed E-state index contributed by atoms with van der Waals surface area (Å²) < 4.78 is 26.2. The Kier molecular flexibility index (Phi) is 6.01. The third kappa shape index (κ3) is 4.53. The van der Waals surface area contributed by atoms with Crippen molar-refractivity contribution in [1.29, 1.82) is 0 Å². The number of anilines is 2. The molecule has 0 unspecified atom stereocenters. The summed E-state index contributed by atoms with van der Waals surface area (Å²) >= 11 is 5.93. The van der Waals surface area contributed by atoms with Crippen molar-refractivity contribution in [2.45, 2.75) is 20.4 Å². The number of methoxy groups -OCH3 is 1. The molecule has 0 amide bonds. The second-order valence-corrected chi connectivity index (χ2v) is 7.79. The van der Waals surface area contributed by atoms with Gasteiger partial charge in [0.25, 0.3) is 0 Å². The molecule has 164 valence electrons. The van der Waals surface area contributed by atoms with E-state index in [0.717, 1.165) is 33.9 Å². The molecule has 0 bridgehead atoms. The molecule has 0 radical (unpaired) electrons. The maximum atomic E-state index is 13.6.